The molecule has 0 saturated heterocycles. The van der Waals surface area contributed by atoms with Gasteiger partial charge in [0.05, 0.1) is 18.2 Å². The van der Waals surface area contributed by atoms with Crippen LogP contribution in [-0.4, -0.2) is 12.3 Å². The molecular formula is C9H14NO2+. The van der Waals surface area contributed by atoms with Crippen molar-refractivity contribution in [3.05, 3.63) is 23.0 Å². The van der Waals surface area contributed by atoms with Gasteiger partial charge in [-0.3, -0.25) is 5.21 Å². The van der Waals surface area contributed by atoms with Gasteiger partial charge in [0, 0.05) is 11.7 Å². The van der Waals surface area contributed by atoms with E-state index in [1.165, 1.54) is 0 Å². The molecule has 1 N–H and O–H groups in total. The number of hydrogen-bond acceptors (Lipinski definition) is 2. The molecule has 1 heterocycles. The molecule has 0 atom stereocenters. The fraction of sp³-hybridized carbons (Fsp3) is 0.444. The zero-order chi connectivity index (χ0) is 9.30. The maximum Gasteiger partial charge on any atom is 0.237 e. The Morgan fingerprint density at radius 1 is 1.33 bits per heavy atom. The van der Waals surface area contributed by atoms with Crippen LogP contribution >= 0.6 is 0 Å². The van der Waals surface area contributed by atoms with E-state index in [0.717, 1.165) is 27.3 Å². The third kappa shape index (κ3) is 1.22. The first kappa shape index (κ1) is 8.84. The summed E-state index contributed by atoms with van der Waals surface area (Å²) in [6.45, 7) is 5.67. The molecular weight excluding hydrogens is 154 g/mol. The summed E-state index contributed by atoms with van der Waals surface area (Å²) in [7, 11) is 1.64. The van der Waals surface area contributed by atoms with Crippen LogP contribution in [0.4, 0.5) is 0 Å². The average Bonchev–Trinajstić information content (AvgIpc) is 2.01. The lowest BCUT2D eigenvalue weighted by Crippen LogP contribution is -2.34. The van der Waals surface area contributed by atoms with Crippen molar-refractivity contribution in [1.29, 1.82) is 0 Å². The highest BCUT2D eigenvalue weighted by Gasteiger charge is 2.16. The average molecular weight is 168 g/mol. The van der Waals surface area contributed by atoms with Gasteiger partial charge >= 0.3 is 0 Å². The topological polar surface area (TPSA) is 33.3 Å². The number of nitrogens with zero attached hydrogens (tertiary/aromatic N) is 1. The lowest BCUT2D eigenvalue weighted by Gasteiger charge is -2.06. The fourth-order valence-corrected chi connectivity index (χ4v) is 1.28. The van der Waals surface area contributed by atoms with Crippen molar-refractivity contribution in [1.82, 2.24) is 0 Å². The first-order valence-corrected chi connectivity index (χ1v) is 3.83. The Balaban J connectivity index is 3.40. The van der Waals surface area contributed by atoms with Crippen LogP contribution in [0.3, 0.4) is 0 Å². The smallest absolute Gasteiger partial charge is 0.237 e. The second-order valence-electron chi connectivity index (χ2n) is 2.90. The molecule has 0 bridgehead atoms. The highest BCUT2D eigenvalue weighted by Crippen LogP contribution is 2.21. The molecule has 0 radical (unpaired) electrons. The summed E-state index contributed by atoms with van der Waals surface area (Å²) < 4.78 is 6.31. The van der Waals surface area contributed by atoms with E-state index in [0.29, 0.717) is 0 Å². The van der Waals surface area contributed by atoms with E-state index >= 15 is 0 Å². The van der Waals surface area contributed by atoms with Gasteiger partial charge in [-0.15, -0.1) is 0 Å². The van der Waals surface area contributed by atoms with Gasteiger partial charge in [-0.1, -0.05) is 0 Å². The molecule has 0 spiro atoms. The lowest BCUT2D eigenvalue weighted by atomic mass is 10.1. The quantitative estimate of drug-likeness (QED) is 0.504. The number of ether oxygens (including phenoxy) is 1. The summed E-state index contributed by atoms with van der Waals surface area (Å²) in [5, 5.41) is 9.36. The minimum Gasteiger partial charge on any atom is -0.496 e. The van der Waals surface area contributed by atoms with Crippen LogP contribution in [-0.2, 0) is 0 Å². The van der Waals surface area contributed by atoms with Crippen molar-refractivity contribution in [3.8, 4) is 5.75 Å². The van der Waals surface area contributed by atoms with Gasteiger partial charge in [0.1, 0.15) is 5.75 Å². The molecule has 3 heteroatoms. The van der Waals surface area contributed by atoms with Gasteiger partial charge in [-0.25, -0.2) is 0 Å². The first-order valence-electron chi connectivity index (χ1n) is 3.83. The summed E-state index contributed by atoms with van der Waals surface area (Å²) >= 11 is 0. The standard InChI is InChI=1S/C9H14NO2/c1-6-5-10(11)8(3)7(2)9(6)12-4/h5,11H,1-4H3/q+1. The van der Waals surface area contributed by atoms with Gasteiger partial charge in [0.2, 0.25) is 11.9 Å². The number of pyridine rings is 1. The van der Waals surface area contributed by atoms with Crippen LogP contribution in [0.15, 0.2) is 6.20 Å². The molecule has 0 unspecified atom stereocenters. The van der Waals surface area contributed by atoms with Gasteiger partial charge in [0.15, 0.2) is 0 Å². The Morgan fingerprint density at radius 3 is 2.42 bits per heavy atom. The van der Waals surface area contributed by atoms with Crippen molar-refractivity contribution >= 4 is 0 Å². The molecule has 66 valence electrons. The third-order valence-electron chi connectivity index (χ3n) is 2.11. The van der Waals surface area contributed by atoms with Crippen molar-refractivity contribution in [2.24, 2.45) is 0 Å². The molecule has 1 aromatic heterocycles. The van der Waals surface area contributed by atoms with E-state index in [9.17, 15) is 5.21 Å². The zero-order valence-electron chi connectivity index (χ0n) is 7.88. The van der Waals surface area contributed by atoms with Gasteiger partial charge < -0.3 is 4.74 Å². The molecule has 0 aromatic carbocycles. The highest BCUT2D eigenvalue weighted by atomic mass is 16.5. The summed E-state index contributed by atoms with van der Waals surface area (Å²) in [6.07, 6.45) is 1.64. The monoisotopic (exact) mass is 168 g/mol. The predicted octanol–water partition coefficient (Wildman–Crippen LogP) is 1.15. The SMILES string of the molecule is COc1c(C)c[n+](O)c(C)c1C. The van der Waals surface area contributed by atoms with Crippen molar-refractivity contribution in [2.45, 2.75) is 20.8 Å². The van der Waals surface area contributed by atoms with Crippen LogP contribution in [0.2, 0.25) is 0 Å². The molecule has 1 rings (SSSR count). The zero-order valence-corrected chi connectivity index (χ0v) is 7.88. The lowest BCUT2D eigenvalue weighted by molar-refractivity contribution is -0.909. The minimum absolute atomic E-state index is 0.803. The summed E-state index contributed by atoms with van der Waals surface area (Å²) in [5.41, 5.74) is 2.71. The molecule has 12 heavy (non-hydrogen) atoms. The fourth-order valence-electron chi connectivity index (χ4n) is 1.28. The van der Waals surface area contributed by atoms with Crippen LogP contribution < -0.4 is 9.47 Å². The Labute approximate surface area is 72.2 Å². The van der Waals surface area contributed by atoms with E-state index in [1.807, 2.05) is 20.8 Å². The van der Waals surface area contributed by atoms with E-state index in [4.69, 9.17) is 4.74 Å². The Bertz CT molecular complexity index is 308. The molecule has 0 aliphatic heterocycles. The predicted molar refractivity (Wildman–Crippen MR) is 44.6 cm³/mol. The summed E-state index contributed by atoms with van der Waals surface area (Å²) in [5.74, 6) is 0.845. The third-order valence-corrected chi connectivity index (χ3v) is 2.11. The second-order valence-corrected chi connectivity index (χ2v) is 2.90. The number of methoxy groups -OCH3 is 1. The van der Waals surface area contributed by atoms with Gasteiger partial charge in [-0.2, -0.15) is 0 Å². The minimum atomic E-state index is 0.803. The molecule has 0 aliphatic carbocycles. The summed E-state index contributed by atoms with van der Waals surface area (Å²) in [6, 6.07) is 0. The Kier molecular flexibility index (Phi) is 2.22. The Morgan fingerprint density at radius 2 is 1.92 bits per heavy atom. The molecule has 0 amide bonds. The maximum absolute atomic E-state index is 9.36. The normalized spacial score (nSPS) is 10.0. The second kappa shape index (κ2) is 3.01. The van der Waals surface area contributed by atoms with Crippen LogP contribution in [0.25, 0.3) is 0 Å². The van der Waals surface area contributed by atoms with E-state index in [2.05, 4.69) is 0 Å². The largest absolute Gasteiger partial charge is 0.496 e. The molecule has 1 aromatic rings. The molecule has 0 aliphatic rings. The number of rotatable bonds is 1. The van der Waals surface area contributed by atoms with Crippen LogP contribution in [0, 0.1) is 20.8 Å². The molecule has 0 saturated carbocycles. The van der Waals surface area contributed by atoms with Crippen LogP contribution in [0.5, 0.6) is 5.75 Å². The number of aromatic nitrogens is 1. The molecule has 3 nitrogen and oxygen atoms in total. The summed E-state index contributed by atoms with van der Waals surface area (Å²) in [4.78, 5) is 0. The van der Waals surface area contributed by atoms with Gasteiger partial charge in [-0.05, 0) is 13.8 Å². The number of aryl methyl sites for hydroxylation is 1. The van der Waals surface area contributed by atoms with Gasteiger partial charge in [0.25, 0.3) is 0 Å². The van der Waals surface area contributed by atoms with Crippen molar-refractivity contribution in [2.75, 3.05) is 7.11 Å². The van der Waals surface area contributed by atoms with Crippen molar-refractivity contribution < 1.29 is 14.7 Å². The van der Waals surface area contributed by atoms with Crippen LogP contribution in [0.1, 0.15) is 16.8 Å². The highest BCUT2D eigenvalue weighted by molar-refractivity contribution is 5.38. The maximum atomic E-state index is 9.36. The van der Waals surface area contributed by atoms with Crippen molar-refractivity contribution in [3.63, 3.8) is 0 Å². The van der Waals surface area contributed by atoms with E-state index in [1.54, 1.807) is 13.3 Å². The Hall–Kier alpha value is -1.25. The van der Waals surface area contributed by atoms with E-state index < -0.39 is 0 Å². The first-order chi connectivity index (χ1) is 5.57. The molecule has 0 fully saturated rings. The number of hydrogen-bond donors (Lipinski definition) is 1. The van der Waals surface area contributed by atoms with E-state index in [-0.39, 0.29) is 0 Å².